The molecule has 0 aliphatic heterocycles. The number of amides is 2. The molecule has 0 saturated carbocycles. The second-order valence-corrected chi connectivity index (χ2v) is 6.00. The lowest BCUT2D eigenvalue weighted by Crippen LogP contribution is -2.13. The van der Waals surface area contributed by atoms with E-state index in [-0.39, 0.29) is 11.8 Å². The van der Waals surface area contributed by atoms with E-state index >= 15 is 0 Å². The number of nitrogens with one attached hydrogen (secondary N) is 2. The molecule has 2 amide bonds. The first-order chi connectivity index (χ1) is 12.6. The molecule has 0 fully saturated rings. The van der Waals surface area contributed by atoms with Crippen LogP contribution >= 0.6 is 0 Å². The van der Waals surface area contributed by atoms with Crippen LogP contribution in [0.5, 0.6) is 5.75 Å². The van der Waals surface area contributed by atoms with Gasteiger partial charge in [0.1, 0.15) is 5.75 Å². The van der Waals surface area contributed by atoms with Crippen molar-refractivity contribution in [3.63, 3.8) is 0 Å². The molecular weight excluding hydrogens is 328 g/mol. The van der Waals surface area contributed by atoms with Gasteiger partial charge in [0.05, 0.1) is 6.61 Å². The first-order valence-electron chi connectivity index (χ1n) is 9.06. The van der Waals surface area contributed by atoms with Crippen molar-refractivity contribution in [2.45, 2.75) is 39.5 Å². The molecule has 2 aromatic rings. The molecule has 5 heteroatoms. The van der Waals surface area contributed by atoms with E-state index in [0.717, 1.165) is 25.0 Å². The molecule has 0 aromatic heterocycles. The standard InChI is InChI=1S/C21H26N2O3/c1-3-5-6-10-20(24)22-17-8-7-9-18(15-17)23-21(25)16-11-13-19(14-12-16)26-4-2/h7-9,11-15H,3-6,10H2,1-2H3,(H,22,24)(H,23,25). The van der Waals surface area contributed by atoms with Crippen LogP contribution in [-0.4, -0.2) is 18.4 Å². The van der Waals surface area contributed by atoms with Crippen LogP contribution in [0.2, 0.25) is 0 Å². The molecule has 0 atom stereocenters. The highest BCUT2D eigenvalue weighted by Crippen LogP contribution is 2.18. The van der Waals surface area contributed by atoms with Crippen molar-refractivity contribution >= 4 is 23.2 Å². The zero-order valence-electron chi connectivity index (χ0n) is 15.4. The van der Waals surface area contributed by atoms with Gasteiger partial charge in [-0.15, -0.1) is 0 Å². The minimum absolute atomic E-state index is 0.00607. The van der Waals surface area contributed by atoms with E-state index in [1.807, 2.05) is 13.0 Å². The van der Waals surface area contributed by atoms with Crippen molar-refractivity contribution in [3.05, 3.63) is 54.1 Å². The van der Waals surface area contributed by atoms with Crippen molar-refractivity contribution in [1.29, 1.82) is 0 Å². The van der Waals surface area contributed by atoms with Crippen molar-refractivity contribution in [2.24, 2.45) is 0 Å². The van der Waals surface area contributed by atoms with E-state index in [4.69, 9.17) is 4.74 Å². The molecule has 2 rings (SSSR count). The molecule has 0 radical (unpaired) electrons. The summed E-state index contributed by atoms with van der Waals surface area (Å²) >= 11 is 0. The molecule has 2 N–H and O–H groups in total. The number of unbranched alkanes of at least 4 members (excludes halogenated alkanes) is 2. The van der Waals surface area contributed by atoms with Gasteiger partial charge in [-0.3, -0.25) is 9.59 Å². The Labute approximate surface area is 154 Å². The number of rotatable bonds is 9. The largest absolute Gasteiger partial charge is 0.494 e. The van der Waals surface area contributed by atoms with Crippen LogP contribution in [0.15, 0.2) is 48.5 Å². The molecule has 0 aliphatic rings. The lowest BCUT2D eigenvalue weighted by atomic mass is 10.2. The predicted molar refractivity (Wildman–Crippen MR) is 105 cm³/mol. The van der Waals surface area contributed by atoms with Crippen LogP contribution in [0, 0.1) is 0 Å². The number of carbonyl (C=O) groups excluding carboxylic acids is 2. The highest BCUT2D eigenvalue weighted by Gasteiger charge is 2.08. The Morgan fingerprint density at radius 3 is 2.27 bits per heavy atom. The number of anilines is 2. The molecular formula is C21H26N2O3. The van der Waals surface area contributed by atoms with Crippen LogP contribution in [0.25, 0.3) is 0 Å². The molecule has 0 spiro atoms. The van der Waals surface area contributed by atoms with Gasteiger partial charge in [0, 0.05) is 23.4 Å². The van der Waals surface area contributed by atoms with Crippen LogP contribution in [-0.2, 0) is 4.79 Å². The summed E-state index contributed by atoms with van der Waals surface area (Å²) < 4.78 is 5.37. The Morgan fingerprint density at radius 1 is 0.923 bits per heavy atom. The molecule has 0 bridgehead atoms. The summed E-state index contributed by atoms with van der Waals surface area (Å²) in [6.07, 6.45) is 3.53. The van der Waals surface area contributed by atoms with Crippen LogP contribution < -0.4 is 15.4 Å². The lowest BCUT2D eigenvalue weighted by molar-refractivity contribution is -0.116. The van der Waals surface area contributed by atoms with Crippen molar-refractivity contribution in [1.82, 2.24) is 0 Å². The topological polar surface area (TPSA) is 67.4 Å². The van der Waals surface area contributed by atoms with Crippen LogP contribution in [0.3, 0.4) is 0 Å². The van der Waals surface area contributed by atoms with E-state index in [2.05, 4.69) is 17.6 Å². The Bertz CT molecular complexity index is 726. The Balaban J connectivity index is 1.94. The molecule has 0 saturated heterocycles. The summed E-state index contributed by atoms with van der Waals surface area (Å²) in [5.41, 5.74) is 1.86. The van der Waals surface area contributed by atoms with Gasteiger partial charge in [0.25, 0.3) is 5.91 Å². The molecule has 26 heavy (non-hydrogen) atoms. The second-order valence-electron chi connectivity index (χ2n) is 6.00. The fourth-order valence-electron chi connectivity index (χ4n) is 2.51. The van der Waals surface area contributed by atoms with Crippen molar-refractivity contribution in [2.75, 3.05) is 17.2 Å². The average Bonchev–Trinajstić information content (AvgIpc) is 2.63. The van der Waals surface area contributed by atoms with Gasteiger partial charge >= 0.3 is 0 Å². The monoisotopic (exact) mass is 354 g/mol. The third-order valence-corrected chi connectivity index (χ3v) is 3.84. The van der Waals surface area contributed by atoms with Gasteiger partial charge < -0.3 is 15.4 Å². The van der Waals surface area contributed by atoms with E-state index in [1.54, 1.807) is 42.5 Å². The molecule has 5 nitrogen and oxygen atoms in total. The smallest absolute Gasteiger partial charge is 0.255 e. The van der Waals surface area contributed by atoms with Gasteiger partial charge in [-0.2, -0.15) is 0 Å². The third-order valence-electron chi connectivity index (χ3n) is 3.84. The number of hydrogen-bond acceptors (Lipinski definition) is 3. The fourth-order valence-corrected chi connectivity index (χ4v) is 2.51. The predicted octanol–water partition coefficient (Wildman–Crippen LogP) is 4.86. The summed E-state index contributed by atoms with van der Waals surface area (Å²) in [6.45, 7) is 4.60. The number of carbonyl (C=O) groups is 2. The SMILES string of the molecule is CCCCCC(=O)Nc1cccc(NC(=O)c2ccc(OCC)cc2)c1. The highest BCUT2D eigenvalue weighted by atomic mass is 16.5. The van der Waals surface area contributed by atoms with Crippen molar-refractivity contribution in [3.8, 4) is 5.75 Å². The lowest BCUT2D eigenvalue weighted by Gasteiger charge is -2.09. The highest BCUT2D eigenvalue weighted by molar-refractivity contribution is 6.04. The maximum absolute atomic E-state index is 12.4. The van der Waals surface area contributed by atoms with Gasteiger partial charge in [-0.25, -0.2) is 0 Å². The minimum Gasteiger partial charge on any atom is -0.494 e. The first kappa shape index (κ1) is 19.5. The van der Waals surface area contributed by atoms with E-state index in [9.17, 15) is 9.59 Å². The summed E-state index contributed by atoms with van der Waals surface area (Å²) in [4.78, 5) is 24.3. The molecule has 2 aromatic carbocycles. The quantitative estimate of drug-likeness (QED) is 0.632. The van der Waals surface area contributed by atoms with E-state index in [1.165, 1.54) is 0 Å². The van der Waals surface area contributed by atoms with Crippen molar-refractivity contribution < 1.29 is 14.3 Å². The maximum atomic E-state index is 12.4. The molecule has 0 aliphatic carbocycles. The summed E-state index contributed by atoms with van der Waals surface area (Å²) in [7, 11) is 0. The zero-order chi connectivity index (χ0) is 18.8. The Morgan fingerprint density at radius 2 is 1.62 bits per heavy atom. The fraction of sp³-hybridized carbons (Fsp3) is 0.333. The second kappa shape index (κ2) is 10.2. The normalized spacial score (nSPS) is 10.2. The van der Waals surface area contributed by atoms with Gasteiger partial charge in [0.2, 0.25) is 5.91 Å². The van der Waals surface area contributed by atoms with Gasteiger partial charge in [-0.05, 0) is 55.8 Å². The summed E-state index contributed by atoms with van der Waals surface area (Å²) in [6, 6.07) is 14.1. The third kappa shape index (κ3) is 6.24. The van der Waals surface area contributed by atoms with Crippen LogP contribution in [0.1, 0.15) is 49.9 Å². The van der Waals surface area contributed by atoms with E-state index in [0.29, 0.717) is 30.0 Å². The van der Waals surface area contributed by atoms with Gasteiger partial charge in [-0.1, -0.05) is 25.8 Å². The first-order valence-corrected chi connectivity index (χ1v) is 9.06. The minimum atomic E-state index is -0.209. The number of hydrogen-bond donors (Lipinski definition) is 2. The number of ether oxygens (including phenoxy) is 1. The van der Waals surface area contributed by atoms with Crippen LogP contribution in [0.4, 0.5) is 11.4 Å². The Hall–Kier alpha value is -2.82. The zero-order valence-corrected chi connectivity index (χ0v) is 15.4. The molecule has 0 heterocycles. The summed E-state index contributed by atoms with van der Waals surface area (Å²) in [5.74, 6) is 0.518. The number of benzene rings is 2. The van der Waals surface area contributed by atoms with E-state index < -0.39 is 0 Å². The average molecular weight is 354 g/mol. The maximum Gasteiger partial charge on any atom is 0.255 e. The molecule has 0 unspecified atom stereocenters. The Kier molecular flexibility index (Phi) is 7.68. The molecule has 138 valence electrons. The summed E-state index contributed by atoms with van der Waals surface area (Å²) in [5, 5.41) is 5.71. The van der Waals surface area contributed by atoms with Gasteiger partial charge in [0.15, 0.2) is 0 Å².